The van der Waals surface area contributed by atoms with Gasteiger partial charge in [-0.25, -0.2) is 0 Å². The molecule has 0 heterocycles. The highest BCUT2D eigenvalue weighted by Gasteiger charge is 2.13. The molecule has 0 atom stereocenters. The van der Waals surface area contributed by atoms with E-state index in [1.165, 1.54) is 6.92 Å². The molecule has 1 N–H and O–H groups in total. The van der Waals surface area contributed by atoms with Crippen molar-refractivity contribution in [2.75, 3.05) is 5.32 Å². The minimum atomic E-state index is -0.395. The van der Waals surface area contributed by atoms with Crippen LogP contribution < -0.4 is 10.1 Å². The lowest BCUT2D eigenvalue weighted by Gasteiger charge is -2.15. The fourth-order valence-electron chi connectivity index (χ4n) is 1.77. The van der Waals surface area contributed by atoms with E-state index in [9.17, 15) is 4.79 Å². The van der Waals surface area contributed by atoms with Gasteiger partial charge in [0.2, 0.25) is 0 Å². The zero-order valence-electron chi connectivity index (χ0n) is 11.3. The topological polar surface area (TPSA) is 38.3 Å². The van der Waals surface area contributed by atoms with E-state index >= 15 is 0 Å². The molecule has 2 aromatic carbocycles. The molecule has 0 saturated carbocycles. The summed E-state index contributed by atoms with van der Waals surface area (Å²) in [6, 6.07) is 8.75. The summed E-state index contributed by atoms with van der Waals surface area (Å²) in [5, 5.41) is 4.20. The molecule has 0 unspecified atom stereocenters. The molecular formula is C15H12Cl3NO2. The van der Waals surface area contributed by atoms with Crippen molar-refractivity contribution in [3.8, 4) is 5.75 Å². The molecule has 0 bridgehead atoms. The number of esters is 1. The van der Waals surface area contributed by atoms with Gasteiger partial charge in [0.15, 0.2) is 5.75 Å². The van der Waals surface area contributed by atoms with Gasteiger partial charge < -0.3 is 10.1 Å². The number of hydrogen-bond acceptors (Lipinski definition) is 3. The zero-order valence-corrected chi connectivity index (χ0v) is 13.6. The van der Waals surface area contributed by atoms with E-state index in [1.807, 2.05) is 13.0 Å². The van der Waals surface area contributed by atoms with Crippen molar-refractivity contribution >= 4 is 52.1 Å². The number of carbonyl (C=O) groups is 1. The quantitative estimate of drug-likeness (QED) is 0.446. The second-order valence-corrected chi connectivity index (χ2v) is 5.54. The van der Waals surface area contributed by atoms with Crippen LogP contribution in [0.3, 0.4) is 0 Å². The maximum absolute atomic E-state index is 11.1. The third kappa shape index (κ3) is 3.62. The number of anilines is 2. The number of rotatable bonds is 3. The van der Waals surface area contributed by atoms with Crippen molar-refractivity contribution in [2.45, 2.75) is 13.8 Å². The van der Waals surface area contributed by atoms with E-state index < -0.39 is 5.97 Å². The Morgan fingerprint density at radius 1 is 1.10 bits per heavy atom. The van der Waals surface area contributed by atoms with Crippen LogP contribution in [0.1, 0.15) is 12.5 Å². The first kappa shape index (κ1) is 16.0. The second kappa shape index (κ2) is 6.56. The van der Waals surface area contributed by atoms with Crippen molar-refractivity contribution < 1.29 is 9.53 Å². The van der Waals surface area contributed by atoms with Crippen molar-refractivity contribution in [1.82, 2.24) is 0 Å². The Bertz CT molecular complexity index is 702. The number of hydrogen-bond donors (Lipinski definition) is 1. The van der Waals surface area contributed by atoms with Gasteiger partial charge in [0.05, 0.1) is 20.8 Å². The van der Waals surface area contributed by atoms with Gasteiger partial charge in [0.25, 0.3) is 0 Å². The Morgan fingerprint density at radius 3 is 2.43 bits per heavy atom. The smallest absolute Gasteiger partial charge is 0.308 e. The average Bonchev–Trinajstić information content (AvgIpc) is 2.44. The Morgan fingerprint density at radius 2 is 1.76 bits per heavy atom. The molecule has 0 fully saturated rings. The van der Waals surface area contributed by atoms with Gasteiger partial charge in [-0.3, -0.25) is 4.79 Å². The molecular weight excluding hydrogens is 333 g/mol. The Hall–Kier alpha value is -1.42. The van der Waals surface area contributed by atoms with E-state index in [0.717, 1.165) is 5.56 Å². The van der Waals surface area contributed by atoms with Gasteiger partial charge >= 0.3 is 5.97 Å². The van der Waals surface area contributed by atoms with Crippen LogP contribution in [0.4, 0.5) is 11.4 Å². The first-order valence-corrected chi connectivity index (χ1v) is 7.22. The molecule has 0 aliphatic carbocycles. The minimum Gasteiger partial charge on any atom is -0.424 e. The van der Waals surface area contributed by atoms with Crippen molar-refractivity contribution in [3.05, 3.63) is 51.0 Å². The van der Waals surface area contributed by atoms with Crippen LogP contribution in [-0.4, -0.2) is 5.97 Å². The number of benzene rings is 2. The van der Waals surface area contributed by atoms with E-state index in [1.54, 1.807) is 24.3 Å². The average molecular weight is 345 g/mol. The van der Waals surface area contributed by atoms with Gasteiger partial charge in [-0.05, 0) is 30.7 Å². The summed E-state index contributed by atoms with van der Waals surface area (Å²) in [6.45, 7) is 3.17. The summed E-state index contributed by atoms with van der Waals surface area (Å²) >= 11 is 18.2. The van der Waals surface area contributed by atoms with Crippen LogP contribution in [0.5, 0.6) is 5.75 Å². The highest BCUT2D eigenvalue weighted by atomic mass is 35.5. The fourth-order valence-corrected chi connectivity index (χ4v) is 2.43. The van der Waals surface area contributed by atoms with Crippen LogP contribution in [0.2, 0.25) is 15.1 Å². The highest BCUT2D eigenvalue weighted by molar-refractivity contribution is 6.48. The van der Waals surface area contributed by atoms with Crippen molar-refractivity contribution in [1.29, 1.82) is 0 Å². The number of halogens is 3. The zero-order chi connectivity index (χ0) is 15.6. The molecule has 21 heavy (non-hydrogen) atoms. The molecule has 0 aromatic heterocycles. The van der Waals surface area contributed by atoms with Crippen LogP contribution >= 0.6 is 34.8 Å². The molecule has 0 saturated heterocycles. The largest absolute Gasteiger partial charge is 0.424 e. The summed E-state index contributed by atoms with van der Waals surface area (Å²) in [7, 11) is 0. The van der Waals surface area contributed by atoms with Crippen LogP contribution in [0.15, 0.2) is 30.3 Å². The Kier molecular flexibility index (Phi) is 4.99. The molecule has 3 nitrogen and oxygen atoms in total. The molecule has 110 valence electrons. The van der Waals surface area contributed by atoms with Gasteiger partial charge in [-0.1, -0.05) is 46.9 Å². The van der Waals surface area contributed by atoms with Gasteiger partial charge in [0, 0.05) is 12.6 Å². The maximum Gasteiger partial charge on any atom is 0.308 e. The monoisotopic (exact) mass is 343 g/mol. The summed E-state index contributed by atoms with van der Waals surface area (Å²) in [6.07, 6.45) is 0. The number of para-hydroxylation sites is 2. The predicted molar refractivity (Wildman–Crippen MR) is 87.2 cm³/mol. The SMILES string of the molecule is CC(=O)Oc1ccccc1Nc1cc(Cl)c(Cl)c(Cl)c1C. The third-order valence-corrected chi connectivity index (χ3v) is 4.17. The third-order valence-electron chi connectivity index (χ3n) is 2.82. The normalized spacial score (nSPS) is 10.3. The fraction of sp³-hybridized carbons (Fsp3) is 0.133. The van der Waals surface area contributed by atoms with Crippen LogP contribution in [-0.2, 0) is 4.79 Å². The molecule has 0 spiro atoms. The molecule has 0 radical (unpaired) electrons. The van der Waals surface area contributed by atoms with E-state index in [0.29, 0.717) is 32.2 Å². The number of ether oxygens (including phenoxy) is 1. The first-order valence-electron chi connectivity index (χ1n) is 6.08. The van der Waals surface area contributed by atoms with E-state index in [2.05, 4.69) is 5.32 Å². The van der Waals surface area contributed by atoms with Crippen LogP contribution in [0, 0.1) is 6.92 Å². The lowest BCUT2D eigenvalue weighted by Crippen LogP contribution is -2.04. The summed E-state index contributed by atoms with van der Waals surface area (Å²) in [4.78, 5) is 11.1. The molecule has 2 aromatic rings. The lowest BCUT2D eigenvalue weighted by molar-refractivity contribution is -0.131. The standard InChI is InChI=1S/C15H12Cl3NO2/c1-8-12(7-10(16)15(18)14(8)17)19-11-5-3-4-6-13(11)21-9(2)20/h3-7,19H,1-2H3. The molecule has 2 rings (SSSR count). The first-order chi connectivity index (χ1) is 9.90. The van der Waals surface area contributed by atoms with Gasteiger partial charge in [-0.15, -0.1) is 0 Å². The summed E-state index contributed by atoms with van der Waals surface area (Å²) < 4.78 is 5.15. The maximum atomic E-state index is 11.1. The summed E-state index contributed by atoms with van der Waals surface area (Å²) in [5.74, 6) is 0.0275. The summed E-state index contributed by atoms with van der Waals surface area (Å²) in [5.41, 5.74) is 2.07. The minimum absolute atomic E-state index is 0.314. The molecule has 0 aliphatic rings. The van der Waals surface area contributed by atoms with Crippen molar-refractivity contribution in [2.24, 2.45) is 0 Å². The number of nitrogens with one attached hydrogen (secondary N) is 1. The molecule has 0 aliphatic heterocycles. The Balaban J connectivity index is 2.42. The Labute approximate surface area is 137 Å². The highest BCUT2D eigenvalue weighted by Crippen LogP contribution is 2.39. The number of carbonyl (C=O) groups excluding carboxylic acids is 1. The molecule has 6 heteroatoms. The van der Waals surface area contributed by atoms with Crippen molar-refractivity contribution in [3.63, 3.8) is 0 Å². The van der Waals surface area contributed by atoms with E-state index in [4.69, 9.17) is 39.5 Å². The van der Waals surface area contributed by atoms with Crippen LogP contribution in [0.25, 0.3) is 0 Å². The molecule has 0 amide bonds. The van der Waals surface area contributed by atoms with Gasteiger partial charge in [-0.2, -0.15) is 0 Å². The lowest BCUT2D eigenvalue weighted by atomic mass is 10.2. The predicted octanol–water partition coefficient (Wildman–Crippen LogP) is 5.62. The van der Waals surface area contributed by atoms with E-state index in [-0.39, 0.29) is 0 Å². The second-order valence-electron chi connectivity index (χ2n) is 4.37. The van der Waals surface area contributed by atoms with Gasteiger partial charge in [0.1, 0.15) is 0 Å².